The zero-order chi connectivity index (χ0) is 23.8. The molecule has 33 heavy (non-hydrogen) atoms. The smallest absolute Gasteiger partial charge is 0.257 e. The summed E-state index contributed by atoms with van der Waals surface area (Å²) in [7, 11) is -3.35. The lowest BCUT2D eigenvalue weighted by atomic mass is 10.1. The van der Waals surface area contributed by atoms with Crippen LogP contribution in [0.5, 0.6) is 0 Å². The number of hydrogen-bond donors (Lipinski definition) is 1. The summed E-state index contributed by atoms with van der Waals surface area (Å²) >= 11 is 0. The monoisotopic (exact) mass is 466 g/mol. The topological polar surface area (TPSA) is 68.2 Å². The molecule has 8 heteroatoms. The quantitative estimate of drug-likeness (QED) is 0.429. The molecule has 168 valence electrons. The Balaban J connectivity index is 1.75. The number of anilines is 1. The Morgan fingerprint density at radius 2 is 1.39 bits per heavy atom. The molecule has 0 fully saturated rings. The summed E-state index contributed by atoms with van der Waals surface area (Å²) in [6.07, 6.45) is 1.11. The summed E-state index contributed by atoms with van der Waals surface area (Å²) in [5.74, 6) is -1.17. The van der Waals surface area contributed by atoms with Crippen LogP contribution in [0.2, 0.25) is 0 Å². The van der Waals surface area contributed by atoms with Crippen molar-refractivity contribution in [3.8, 4) is 16.9 Å². The summed E-state index contributed by atoms with van der Waals surface area (Å²) in [6.45, 7) is 1.76. The van der Waals surface area contributed by atoms with Crippen LogP contribution in [0.4, 0.5) is 14.5 Å². The number of sulfone groups is 1. The summed E-state index contributed by atoms with van der Waals surface area (Å²) in [4.78, 5) is 13.2. The molecule has 0 spiro atoms. The van der Waals surface area contributed by atoms with E-state index in [4.69, 9.17) is 0 Å². The van der Waals surface area contributed by atoms with Gasteiger partial charge in [-0.25, -0.2) is 17.2 Å². The molecule has 0 aliphatic rings. The van der Waals surface area contributed by atoms with Crippen LogP contribution in [-0.2, 0) is 9.84 Å². The number of carbonyl (C=O) groups is 1. The Morgan fingerprint density at radius 1 is 0.848 bits per heavy atom. The number of aromatic nitrogens is 1. The first-order chi connectivity index (χ1) is 15.6. The zero-order valence-electron chi connectivity index (χ0n) is 17.8. The van der Waals surface area contributed by atoms with Crippen molar-refractivity contribution in [3.63, 3.8) is 0 Å². The van der Waals surface area contributed by atoms with E-state index in [2.05, 4.69) is 5.32 Å². The molecule has 0 unspecified atom stereocenters. The maximum Gasteiger partial charge on any atom is 0.257 e. The molecule has 1 aromatic heterocycles. The number of benzene rings is 3. The first-order valence-corrected chi connectivity index (χ1v) is 11.9. The molecule has 3 aromatic carbocycles. The van der Waals surface area contributed by atoms with Gasteiger partial charge in [0.2, 0.25) is 0 Å². The fourth-order valence-corrected chi connectivity index (χ4v) is 4.21. The van der Waals surface area contributed by atoms with Crippen LogP contribution in [0, 0.1) is 18.6 Å². The van der Waals surface area contributed by atoms with Crippen LogP contribution in [0.1, 0.15) is 16.1 Å². The predicted octanol–water partition coefficient (Wildman–Crippen LogP) is 5.39. The van der Waals surface area contributed by atoms with Gasteiger partial charge < -0.3 is 9.88 Å². The molecule has 0 saturated heterocycles. The molecule has 4 aromatic rings. The summed E-state index contributed by atoms with van der Waals surface area (Å²) in [5.41, 5.74) is 3.36. The normalized spacial score (nSPS) is 11.4. The molecule has 0 saturated carbocycles. The van der Waals surface area contributed by atoms with E-state index in [9.17, 15) is 22.0 Å². The van der Waals surface area contributed by atoms with Crippen LogP contribution < -0.4 is 5.32 Å². The summed E-state index contributed by atoms with van der Waals surface area (Å²) < 4.78 is 52.1. The first kappa shape index (κ1) is 22.4. The number of nitrogens with zero attached hydrogens (tertiary/aromatic N) is 1. The van der Waals surface area contributed by atoms with Crippen molar-refractivity contribution >= 4 is 21.4 Å². The fourth-order valence-electron chi connectivity index (χ4n) is 3.58. The van der Waals surface area contributed by atoms with Gasteiger partial charge in [-0.2, -0.15) is 0 Å². The van der Waals surface area contributed by atoms with Gasteiger partial charge in [0.25, 0.3) is 5.91 Å². The van der Waals surface area contributed by atoms with Crippen molar-refractivity contribution in [2.75, 3.05) is 11.6 Å². The first-order valence-electron chi connectivity index (χ1n) is 9.99. The van der Waals surface area contributed by atoms with E-state index in [1.54, 1.807) is 41.8 Å². The van der Waals surface area contributed by atoms with Crippen LogP contribution in [0.3, 0.4) is 0 Å². The highest BCUT2D eigenvalue weighted by atomic mass is 32.2. The van der Waals surface area contributed by atoms with E-state index >= 15 is 0 Å². The SMILES string of the molecule is Cc1c(C(=O)Nc2ccc(S(C)(=O)=O)cc2)cc(-c2ccc(F)cc2)n1-c1ccc(F)cc1. The van der Waals surface area contributed by atoms with E-state index in [1.165, 1.54) is 48.5 Å². The minimum absolute atomic E-state index is 0.151. The minimum Gasteiger partial charge on any atom is -0.322 e. The molecule has 0 bridgehead atoms. The summed E-state index contributed by atoms with van der Waals surface area (Å²) in [6, 6.07) is 19.3. The molecule has 1 heterocycles. The highest BCUT2D eigenvalue weighted by Gasteiger charge is 2.20. The Kier molecular flexibility index (Phi) is 5.86. The molecule has 1 N–H and O–H groups in total. The number of rotatable bonds is 5. The van der Waals surface area contributed by atoms with Crippen molar-refractivity contribution in [1.29, 1.82) is 0 Å². The van der Waals surface area contributed by atoms with Crippen LogP contribution in [0.15, 0.2) is 83.8 Å². The van der Waals surface area contributed by atoms with Crippen molar-refractivity contribution in [1.82, 2.24) is 4.57 Å². The average Bonchev–Trinajstić information content (AvgIpc) is 3.12. The van der Waals surface area contributed by atoms with Gasteiger partial charge in [-0.3, -0.25) is 4.79 Å². The molecule has 0 aliphatic heterocycles. The van der Waals surface area contributed by atoms with Gasteiger partial charge in [-0.05, 0) is 91.3 Å². The maximum absolute atomic E-state index is 13.5. The van der Waals surface area contributed by atoms with Gasteiger partial charge >= 0.3 is 0 Å². The number of carbonyl (C=O) groups excluding carboxylic acids is 1. The lowest BCUT2D eigenvalue weighted by molar-refractivity contribution is 0.102. The van der Waals surface area contributed by atoms with Gasteiger partial charge in [0.05, 0.1) is 16.2 Å². The van der Waals surface area contributed by atoms with Gasteiger partial charge in [0.1, 0.15) is 11.6 Å². The lowest BCUT2D eigenvalue weighted by Gasteiger charge is -2.12. The van der Waals surface area contributed by atoms with E-state index in [0.29, 0.717) is 33.9 Å². The van der Waals surface area contributed by atoms with Crippen molar-refractivity contribution in [2.24, 2.45) is 0 Å². The van der Waals surface area contributed by atoms with Gasteiger partial charge in [-0.15, -0.1) is 0 Å². The van der Waals surface area contributed by atoms with E-state index in [-0.39, 0.29) is 16.5 Å². The third-order valence-corrected chi connectivity index (χ3v) is 6.39. The predicted molar refractivity (Wildman–Crippen MR) is 123 cm³/mol. The van der Waals surface area contributed by atoms with E-state index < -0.39 is 15.7 Å². The third-order valence-electron chi connectivity index (χ3n) is 5.26. The standard InChI is InChI=1S/C25H20F2N2O3S/c1-16-23(25(30)28-20-9-13-22(14-10-20)33(2,31)32)15-24(17-3-5-18(26)6-4-17)29(16)21-11-7-19(27)8-12-21/h3-15H,1-2H3,(H,28,30). The molecule has 1 amide bonds. The average molecular weight is 467 g/mol. The Morgan fingerprint density at radius 3 is 1.94 bits per heavy atom. The Bertz CT molecular complexity index is 1430. The fraction of sp³-hybridized carbons (Fsp3) is 0.0800. The van der Waals surface area contributed by atoms with E-state index in [0.717, 1.165) is 6.26 Å². The highest BCUT2D eigenvalue weighted by Crippen LogP contribution is 2.30. The minimum atomic E-state index is -3.35. The van der Waals surface area contributed by atoms with Gasteiger partial charge in [0, 0.05) is 23.3 Å². The molecule has 4 rings (SSSR count). The second kappa shape index (κ2) is 8.63. The molecular formula is C25H20F2N2O3S. The maximum atomic E-state index is 13.5. The van der Waals surface area contributed by atoms with Crippen LogP contribution in [0.25, 0.3) is 16.9 Å². The van der Waals surface area contributed by atoms with Gasteiger partial charge in [-0.1, -0.05) is 0 Å². The van der Waals surface area contributed by atoms with E-state index in [1.807, 2.05) is 0 Å². The number of halogens is 2. The lowest BCUT2D eigenvalue weighted by Crippen LogP contribution is -2.13. The molecular weight excluding hydrogens is 446 g/mol. The zero-order valence-corrected chi connectivity index (χ0v) is 18.7. The Hall–Kier alpha value is -3.78. The molecule has 0 radical (unpaired) electrons. The van der Waals surface area contributed by atoms with Crippen LogP contribution >= 0.6 is 0 Å². The molecule has 5 nitrogen and oxygen atoms in total. The molecule has 0 atom stereocenters. The van der Waals surface area contributed by atoms with Crippen molar-refractivity contribution in [3.05, 3.63) is 102 Å². The summed E-state index contributed by atoms with van der Waals surface area (Å²) in [5, 5.41) is 2.77. The largest absolute Gasteiger partial charge is 0.322 e. The third kappa shape index (κ3) is 4.70. The van der Waals surface area contributed by atoms with Crippen molar-refractivity contribution in [2.45, 2.75) is 11.8 Å². The second-order valence-corrected chi connectivity index (χ2v) is 9.61. The van der Waals surface area contributed by atoms with Crippen LogP contribution in [-0.4, -0.2) is 25.1 Å². The molecule has 0 aliphatic carbocycles. The number of hydrogen-bond acceptors (Lipinski definition) is 3. The van der Waals surface area contributed by atoms with Gasteiger partial charge in [0.15, 0.2) is 9.84 Å². The number of nitrogens with one attached hydrogen (secondary N) is 1. The highest BCUT2D eigenvalue weighted by molar-refractivity contribution is 7.90. The second-order valence-electron chi connectivity index (χ2n) is 7.60. The Labute approximate surface area is 190 Å². The number of amides is 1. The van der Waals surface area contributed by atoms with Crippen molar-refractivity contribution < 1.29 is 22.0 Å².